The largest absolute Gasteiger partial charge is 0.480 e. The lowest BCUT2D eigenvalue weighted by atomic mass is 9.97. The Kier molecular flexibility index (Phi) is 10.6. The first-order valence-corrected chi connectivity index (χ1v) is 7.18. The second-order valence-corrected chi connectivity index (χ2v) is 5.10. The van der Waals surface area contributed by atoms with Gasteiger partial charge in [-0.25, -0.2) is 0 Å². The summed E-state index contributed by atoms with van der Waals surface area (Å²) >= 11 is 0. The number of ether oxygens (including phenoxy) is 2. The SMILES string of the molecule is CCNC(C)(CCN(CCCOC)CCOC)C(=O)O. The maximum Gasteiger partial charge on any atom is 0.323 e. The average molecular weight is 290 g/mol. The number of carboxylic acids is 1. The van der Waals surface area contributed by atoms with E-state index >= 15 is 0 Å². The molecule has 0 spiro atoms. The normalized spacial score (nSPS) is 14.4. The Bertz CT molecular complexity index is 264. The van der Waals surface area contributed by atoms with Crippen molar-refractivity contribution >= 4 is 5.97 Å². The van der Waals surface area contributed by atoms with E-state index in [0.29, 0.717) is 26.2 Å². The molecule has 2 N–H and O–H groups in total. The standard InChI is InChI=1S/C14H30N2O4/c1-5-15-14(2,13(17)18)7-9-16(10-12-20-4)8-6-11-19-3/h15H,5-12H2,1-4H3,(H,17,18). The quantitative estimate of drug-likeness (QED) is 0.489. The van der Waals surface area contributed by atoms with E-state index in [1.54, 1.807) is 21.1 Å². The van der Waals surface area contributed by atoms with Crippen molar-refractivity contribution in [1.82, 2.24) is 10.2 Å². The number of carbonyl (C=O) groups is 1. The van der Waals surface area contributed by atoms with Crippen LogP contribution in [0.15, 0.2) is 0 Å². The number of likely N-dealkylation sites (N-methyl/N-ethyl adjacent to an activating group) is 1. The molecule has 0 aliphatic heterocycles. The second-order valence-electron chi connectivity index (χ2n) is 5.10. The van der Waals surface area contributed by atoms with Gasteiger partial charge in [0.2, 0.25) is 0 Å². The molecule has 0 rings (SSSR count). The molecule has 0 aromatic rings. The van der Waals surface area contributed by atoms with Gasteiger partial charge in [-0.3, -0.25) is 4.79 Å². The zero-order chi connectivity index (χ0) is 15.4. The van der Waals surface area contributed by atoms with E-state index in [9.17, 15) is 9.90 Å². The van der Waals surface area contributed by atoms with E-state index in [1.807, 2.05) is 6.92 Å². The van der Waals surface area contributed by atoms with Crippen molar-refractivity contribution in [2.24, 2.45) is 0 Å². The summed E-state index contributed by atoms with van der Waals surface area (Å²) in [5.74, 6) is -0.803. The molecule has 0 radical (unpaired) electrons. The van der Waals surface area contributed by atoms with Gasteiger partial charge in [-0.15, -0.1) is 0 Å². The molecule has 0 heterocycles. The van der Waals surface area contributed by atoms with Gasteiger partial charge >= 0.3 is 5.97 Å². The first kappa shape index (κ1) is 19.3. The number of aliphatic carboxylic acids is 1. The highest BCUT2D eigenvalue weighted by atomic mass is 16.5. The Balaban J connectivity index is 4.35. The monoisotopic (exact) mass is 290 g/mol. The molecule has 120 valence electrons. The van der Waals surface area contributed by atoms with Crippen molar-refractivity contribution in [3.8, 4) is 0 Å². The Morgan fingerprint density at radius 1 is 1.20 bits per heavy atom. The summed E-state index contributed by atoms with van der Waals surface area (Å²) in [4.78, 5) is 13.6. The molecule has 6 nitrogen and oxygen atoms in total. The number of methoxy groups -OCH3 is 2. The predicted octanol–water partition coefficient (Wildman–Crippen LogP) is 0.814. The highest BCUT2D eigenvalue weighted by molar-refractivity contribution is 5.78. The molecule has 0 aliphatic carbocycles. The Hall–Kier alpha value is -0.690. The minimum atomic E-state index is -0.874. The zero-order valence-corrected chi connectivity index (χ0v) is 13.3. The lowest BCUT2D eigenvalue weighted by molar-refractivity contribution is -0.144. The van der Waals surface area contributed by atoms with Crippen LogP contribution in [0.2, 0.25) is 0 Å². The number of hydrogen-bond donors (Lipinski definition) is 2. The van der Waals surface area contributed by atoms with Gasteiger partial charge in [0.15, 0.2) is 0 Å². The summed E-state index contributed by atoms with van der Waals surface area (Å²) in [6.07, 6.45) is 1.50. The van der Waals surface area contributed by atoms with Crippen LogP contribution in [0.3, 0.4) is 0 Å². The first-order valence-electron chi connectivity index (χ1n) is 7.18. The van der Waals surface area contributed by atoms with Crippen LogP contribution >= 0.6 is 0 Å². The van der Waals surface area contributed by atoms with E-state index in [-0.39, 0.29) is 0 Å². The summed E-state index contributed by atoms with van der Waals surface area (Å²) in [6, 6.07) is 0. The number of nitrogens with zero attached hydrogens (tertiary/aromatic N) is 1. The summed E-state index contributed by atoms with van der Waals surface area (Å²) in [6.45, 7) is 8.09. The van der Waals surface area contributed by atoms with Crippen LogP contribution in [0.5, 0.6) is 0 Å². The minimum Gasteiger partial charge on any atom is -0.480 e. The van der Waals surface area contributed by atoms with Gasteiger partial charge in [-0.2, -0.15) is 0 Å². The van der Waals surface area contributed by atoms with Crippen LogP contribution in [-0.2, 0) is 14.3 Å². The van der Waals surface area contributed by atoms with E-state index in [2.05, 4.69) is 10.2 Å². The Morgan fingerprint density at radius 3 is 2.35 bits per heavy atom. The molecule has 1 atom stereocenters. The fraction of sp³-hybridized carbons (Fsp3) is 0.929. The van der Waals surface area contributed by atoms with Gasteiger partial charge < -0.3 is 24.8 Å². The van der Waals surface area contributed by atoms with Gasteiger partial charge in [0.25, 0.3) is 0 Å². The topological polar surface area (TPSA) is 71.0 Å². The minimum absolute atomic E-state index is 0.562. The number of nitrogens with one attached hydrogen (secondary N) is 1. The maximum absolute atomic E-state index is 11.4. The predicted molar refractivity (Wildman–Crippen MR) is 79.1 cm³/mol. The highest BCUT2D eigenvalue weighted by Gasteiger charge is 2.32. The third kappa shape index (κ3) is 7.79. The van der Waals surface area contributed by atoms with Gasteiger partial charge in [0, 0.05) is 40.5 Å². The Morgan fingerprint density at radius 2 is 1.85 bits per heavy atom. The molecular formula is C14H30N2O4. The van der Waals surface area contributed by atoms with Crippen molar-refractivity contribution in [3.05, 3.63) is 0 Å². The molecule has 0 bridgehead atoms. The molecule has 0 amide bonds. The summed E-state index contributed by atoms with van der Waals surface area (Å²) in [7, 11) is 3.36. The molecular weight excluding hydrogens is 260 g/mol. The van der Waals surface area contributed by atoms with Gasteiger partial charge in [-0.1, -0.05) is 6.92 Å². The lowest BCUT2D eigenvalue weighted by Crippen LogP contribution is -2.51. The average Bonchev–Trinajstić information content (AvgIpc) is 2.41. The molecule has 6 heteroatoms. The van der Waals surface area contributed by atoms with Crippen LogP contribution in [0, 0.1) is 0 Å². The van der Waals surface area contributed by atoms with Gasteiger partial charge in [-0.05, 0) is 26.3 Å². The fourth-order valence-electron chi connectivity index (χ4n) is 2.03. The van der Waals surface area contributed by atoms with E-state index < -0.39 is 11.5 Å². The third-order valence-electron chi connectivity index (χ3n) is 3.40. The fourth-order valence-corrected chi connectivity index (χ4v) is 2.03. The molecule has 0 saturated heterocycles. The highest BCUT2D eigenvalue weighted by Crippen LogP contribution is 2.11. The van der Waals surface area contributed by atoms with Crippen LogP contribution in [0.1, 0.15) is 26.7 Å². The molecule has 0 aromatic heterocycles. The molecule has 0 saturated carbocycles. The molecule has 20 heavy (non-hydrogen) atoms. The third-order valence-corrected chi connectivity index (χ3v) is 3.40. The van der Waals surface area contributed by atoms with Crippen molar-refractivity contribution in [3.63, 3.8) is 0 Å². The zero-order valence-electron chi connectivity index (χ0n) is 13.3. The van der Waals surface area contributed by atoms with Crippen molar-refractivity contribution in [1.29, 1.82) is 0 Å². The van der Waals surface area contributed by atoms with Crippen LogP contribution < -0.4 is 5.32 Å². The molecule has 1 unspecified atom stereocenters. The Labute approximate surface area is 122 Å². The molecule has 0 aromatic carbocycles. The number of rotatable bonds is 13. The van der Waals surface area contributed by atoms with Crippen LogP contribution in [-0.4, -0.2) is 75.1 Å². The van der Waals surface area contributed by atoms with Crippen molar-refractivity contribution in [2.45, 2.75) is 32.2 Å². The van der Waals surface area contributed by atoms with Crippen LogP contribution in [0.4, 0.5) is 0 Å². The van der Waals surface area contributed by atoms with Gasteiger partial charge in [0.05, 0.1) is 6.61 Å². The summed E-state index contributed by atoms with van der Waals surface area (Å²) in [5.41, 5.74) is -0.874. The van der Waals surface area contributed by atoms with Gasteiger partial charge in [0.1, 0.15) is 5.54 Å². The smallest absolute Gasteiger partial charge is 0.323 e. The molecule has 0 aliphatic rings. The van der Waals surface area contributed by atoms with E-state index in [1.165, 1.54) is 0 Å². The number of carboxylic acid groups (broad SMARTS) is 1. The first-order chi connectivity index (χ1) is 9.50. The van der Waals surface area contributed by atoms with E-state index in [4.69, 9.17) is 9.47 Å². The molecule has 0 fully saturated rings. The number of hydrogen-bond acceptors (Lipinski definition) is 5. The van der Waals surface area contributed by atoms with Crippen molar-refractivity contribution in [2.75, 3.05) is 53.6 Å². The van der Waals surface area contributed by atoms with Crippen molar-refractivity contribution < 1.29 is 19.4 Å². The van der Waals surface area contributed by atoms with Crippen LogP contribution in [0.25, 0.3) is 0 Å². The summed E-state index contributed by atoms with van der Waals surface area (Å²) < 4.78 is 10.2. The summed E-state index contributed by atoms with van der Waals surface area (Å²) in [5, 5.41) is 12.4. The lowest BCUT2D eigenvalue weighted by Gasteiger charge is -2.30. The maximum atomic E-state index is 11.4. The second kappa shape index (κ2) is 11.0. The van der Waals surface area contributed by atoms with E-state index in [0.717, 1.165) is 26.1 Å².